The molecule has 0 spiro atoms. The lowest BCUT2D eigenvalue weighted by Crippen LogP contribution is -2.57. The van der Waals surface area contributed by atoms with E-state index >= 15 is 0 Å². The van der Waals surface area contributed by atoms with Crippen molar-refractivity contribution in [2.24, 2.45) is 17.1 Å². The molecule has 1 amide bonds. The predicted octanol–water partition coefficient (Wildman–Crippen LogP) is 2.05. The molecule has 1 atom stereocenters. The van der Waals surface area contributed by atoms with Crippen LogP contribution in [0.3, 0.4) is 0 Å². The van der Waals surface area contributed by atoms with Crippen molar-refractivity contribution in [3.05, 3.63) is 0 Å². The van der Waals surface area contributed by atoms with Crippen molar-refractivity contribution in [1.29, 1.82) is 0 Å². The Hall–Kier alpha value is -0.570. The fourth-order valence-electron chi connectivity index (χ4n) is 1.74. The average molecular weight is 226 g/mol. The maximum atomic E-state index is 12.2. The summed E-state index contributed by atoms with van der Waals surface area (Å²) in [6, 6.07) is 0.280. The van der Waals surface area contributed by atoms with Gasteiger partial charge in [0, 0.05) is 11.6 Å². The minimum atomic E-state index is -0.537. The first-order valence-electron chi connectivity index (χ1n) is 6.26. The number of rotatable bonds is 4. The van der Waals surface area contributed by atoms with Gasteiger partial charge >= 0.3 is 0 Å². The monoisotopic (exact) mass is 226 g/mol. The lowest BCUT2D eigenvalue weighted by molar-refractivity contribution is -0.133. The standard InChI is InChI=1S/C13H26N2O/c1-9(10-7-6-8-10)15-11(16)12(2,3)13(4,5)14/h9-10H,6-8,14H2,1-5H3,(H,15,16). The normalized spacial score (nSPS) is 20.1. The van der Waals surface area contributed by atoms with Crippen LogP contribution < -0.4 is 11.1 Å². The highest BCUT2D eigenvalue weighted by Gasteiger charge is 2.41. The van der Waals surface area contributed by atoms with Gasteiger partial charge in [-0.25, -0.2) is 0 Å². The molecule has 1 saturated carbocycles. The maximum absolute atomic E-state index is 12.2. The van der Waals surface area contributed by atoms with Crippen molar-refractivity contribution in [1.82, 2.24) is 5.32 Å². The van der Waals surface area contributed by atoms with E-state index in [9.17, 15) is 4.79 Å². The third-order valence-electron chi connectivity index (χ3n) is 4.39. The van der Waals surface area contributed by atoms with Gasteiger partial charge in [0.15, 0.2) is 0 Å². The molecule has 0 radical (unpaired) electrons. The summed E-state index contributed by atoms with van der Waals surface area (Å²) in [7, 11) is 0. The lowest BCUT2D eigenvalue weighted by Gasteiger charge is -2.39. The molecule has 0 aromatic heterocycles. The molecule has 0 bridgehead atoms. The number of carbonyl (C=O) groups excluding carboxylic acids is 1. The molecule has 0 saturated heterocycles. The minimum absolute atomic E-state index is 0.0689. The highest BCUT2D eigenvalue weighted by Crippen LogP contribution is 2.32. The summed E-state index contributed by atoms with van der Waals surface area (Å²) in [6.45, 7) is 9.73. The van der Waals surface area contributed by atoms with E-state index in [0.717, 1.165) is 0 Å². The van der Waals surface area contributed by atoms with Crippen LogP contribution in [0.1, 0.15) is 53.9 Å². The van der Waals surface area contributed by atoms with E-state index in [4.69, 9.17) is 5.73 Å². The average Bonchev–Trinajstić information content (AvgIpc) is 1.97. The molecule has 3 heteroatoms. The Morgan fingerprint density at radius 2 is 1.81 bits per heavy atom. The van der Waals surface area contributed by atoms with Crippen molar-refractivity contribution in [2.45, 2.75) is 65.5 Å². The summed E-state index contributed by atoms with van der Waals surface area (Å²) in [5, 5.41) is 3.11. The molecule has 0 aromatic rings. The van der Waals surface area contributed by atoms with Crippen molar-refractivity contribution in [3.63, 3.8) is 0 Å². The zero-order valence-electron chi connectivity index (χ0n) is 11.3. The summed E-state index contributed by atoms with van der Waals surface area (Å²) >= 11 is 0. The second kappa shape index (κ2) is 4.36. The summed E-state index contributed by atoms with van der Waals surface area (Å²) in [4.78, 5) is 12.2. The fourth-order valence-corrected chi connectivity index (χ4v) is 1.74. The molecule has 0 aliphatic heterocycles. The number of hydrogen-bond donors (Lipinski definition) is 2. The van der Waals surface area contributed by atoms with Crippen LogP contribution in [-0.2, 0) is 4.79 Å². The van der Waals surface area contributed by atoms with Crippen LogP contribution in [0.4, 0.5) is 0 Å². The molecule has 3 N–H and O–H groups in total. The number of nitrogens with one attached hydrogen (secondary N) is 1. The number of nitrogens with two attached hydrogens (primary N) is 1. The second-order valence-corrected chi connectivity index (χ2v) is 6.30. The number of amides is 1. The topological polar surface area (TPSA) is 55.1 Å². The van der Waals surface area contributed by atoms with Crippen molar-refractivity contribution in [2.75, 3.05) is 0 Å². The Balaban J connectivity index is 2.57. The van der Waals surface area contributed by atoms with E-state index in [0.29, 0.717) is 5.92 Å². The van der Waals surface area contributed by atoms with E-state index in [1.807, 2.05) is 27.7 Å². The quantitative estimate of drug-likeness (QED) is 0.771. The minimum Gasteiger partial charge on any atom is -0.353 e. The molecule has 1 fully saturated rings. The van der Waals surface area contributed by atoms with Gasteiger partial charge in [-0.05, 0) is 53.4 Å². The van der Waals surface area contributed by atoms with E-state index in [-0.39, 0.29) is 11.9 Å². The summed E-state index contributed by atoms with van der Waals surface area (Å²) in [6.07, 6.45) is 3.79. The first-order valence-corrected chi connectivity index (χ1v) is 6.26. The van der Waals surface area contributed by atoms with Crippen LogP contribution in [0.25, 0.3) is 0 Å². The maximum Gasteiger partial charge on any atom is 0.227 e. The lowest BCUT2D eigenvalue weighted by atomic mass is 9.73. The van der Waals surface area contributed by atoms with Gasteiger partial charge in [-0.15, -0.1) is 0 Å². The van der Waals surface area contributed by atoms with E-state index in [2.05, 4.69) is 12.2 Å². The predicted molar refractivity (Wildman–Crippen MR) is 67.0 cm³/mol. The summed E-state index contributed by atoms with van der Waals surface area (Å²) < 4.78 is 0. The zero-order valence-corrected chi connectivity index (χ0v) is 11.3. The third-order valence-corrected chi connectivity index (χ3v) is 4.39. The SMILES string of the molecule is CC(NC(=O)C(C)(C)C(C)(C)N)C1CCC1. The molecule has 1 aliphatic rings. The molecule has 1 unspecified atom stereocenters. The van der Waals surface area contributed by atoms with Gasteiger partial charge in [0.1, 0.15) is 0 Å². The molecular formula is C13H26N2O. The van der Waals surface area contributed by atoms with Crippen LogP contribution in [0.2, 0.25) is 0 Å². The largest absolute Gasteiger partial charge is 0.353 e. The smallest absolute Gasteiger partial charge is 0.227 e. The summed E-state index contributed by atoms with van der Waals surface area (Å²) in [5.41, 5.74) is 5.01. The van der Waals surface area contributed by atoms with Gasteiger partial charge in [0.05, 0.1) is 5.41 Å². The first kappa shape index (κ1) is 13.5. The van der Waals surface area contributed by atoms with Crippen LogP contribution in [0.5, 0.6) is 0 Å². The van der Waals surface area contributed by atoms with Gasteiger partial charge in [-0.2, -0.15) is 0 Å². The van der Waals surface area contributed by atoms with E-state index in [1.165, 1.54) is 19.3 Å². The fraction of sp³-hybridized carbons (Fsp3) is 0.923. The third kappa shape index (κ3) is 2.57. The van der Waals surface area contributed by atoms with E-state index in [1.54, 1.807) is 0 Å². The zero-order chi connectivity index (χ0) is 12.6. The molecule has 1 rings (SSSR count). The molecule has 16 heavy (non-hydrogen) atoms. The molecule has 94 valence electrons. The van der Waals surface area contributed by atoms with Crippen molar-refractivity contribution >= 4 is 5.91 Å². The Labute approximate surface area is 99.2 Å². The highest BCUT2D eigenvalue weighted by atomic mass is 16.2. The van der Waals surface area contributed by atoms with Gasteiger partial charge in [0.2, 0.25) is 5.91 Å². The van der Waals surface area contributed by atoms with Gasteiger partial charge in [-0.3, -0.25) is 4.79 Å². The van der Waals surface area contributed by atoms with Crippen LogP contribution in [0, 0.1) is 11.3 Å². The summed E-state index contributed by atoms with van der Waals surface area (Å²) in [5.74, 6) is 0.736. The Morgan fingerprint density at radius 3 is 2.12 bits per heavy atom. The van der Waals surface area contributed by atoms with Crippen LogP contribution in [0.15, 0.2) is 0 Å². The number of carbonyl (C=O) groups is 1. The first-order chi connectivity index (χ1) is 7.16. The molecular weight excluding hydrogens is 200 g/mol. The molecule has 0 heterocycles. The molecule has 0 aromatic carbocycles. The Bertz CT molecular complexity index is 262. The van der Waals surface area contributed by atoms with Crippen molar-refractivity contribution < 1.29 is 4.79 Å². The molecule has 1 aliphatic carbocycles. The number of hydrogen-bond acceptors (Lipinski definition) is 2. The van der Waals surface area contributed by atoms with Gasteiger partial charge < -0.3 is 11.1 Å². The molecule has 3 nitrogen and oxygen atoms in total. The van der Waals surface area contributed by atoms with E-state index < -0.39 is 11.0 Å². The van der Waals surface area contributed by atoms with Gasteiger partial charge in [-0.1, -0.05) is 6.42 Å². The van der Waals surface area contributed by atoms with Crippen LogP contribution >= 0.6 is 0 Å². The highest BCUT2D eigenvalue weighted by molar-refractivity contribution is 5.83. The van der Waals surface area contributed by atoms with Crippen LogP contribution in [-0.4, -0.2) is 17.5 Å². The van der Waals surface area contributed by atoms with Crippen molar-refractivity contribution in [3.8, 4) is 0 Å². The Morgan fingerprint density at radius 1 is 1.31 bits per heavy atom. The van der Waals surface area contributed by atoms with Gasteiger partial charge in [0.25, 0.3) is 0 Å². The Kier molecular flexibility index (Phi) is 3.68. The second-order valence-electron chi connectivity index (χ2n) is 6.30.